The molecule has 2 bridgehead atoms. The van der Waals surface area contributed by atoms with Crippen LogP contribution >= 0.6 is 12.4 Å². The summed E-state index contributed by atoms with van der Waals surface area (Å²) in [5.41, 5.74) is 1.32. The van der Waals surface area contributed by atoms with E-state index in [2.05, 4.69) is 26.8 Å². The highest BCUT2D eigenvalue weighted by atomic mass is 35.5. The standard InChI is InChI=1S/C12H20N4.ClH/c1-15-9-13-6-12(15)8-16-5-4-10-2-3-11(7-16)14-10;/h6,9-11,14H,2-5,7-8H2,1H3;1H. The average Bonchev–Trinajstić information content (AvgIpc) is 2.78. The van der Waals surface area contributed by atoms with Crippen LogP contribution in [0, 0.1) is 0 Å². The Balaban J connectivity index is 0.00000108. The third kappa shape index (κ3) is 2.81. The Hall–Kier alpha value is -0.580. The number of hydrogen-bond donors (Lipinski definition) is 1. The quantitative estimate of drug-likeness (QED) is 0.862. The van der Waals surface area contributed by atoms with Crippen molar-refractivity contribution >= 4 is 12.4 Å². The minimum atomic E-state index is 0. The summed E-state index contributed by atoms with van der Waals surface area (Å²) in [7, 11) is 2.07. The van der Waals surface area contributed by atoms with Crippen molar-refractivity contribution in [2.75, 3.05) is 13.1 Å². The van der Waals surface area contributed by atoms with Crippen LogP contribution in [0.1, 0.15) is 25.0 Å². The lowest BCUT2D eigenvalue weighted by molar-refractivity contribution is 0.246. The predicted octanol–water partition coefficient (Wildman–Crippen LogP) is 1.17. The van der Waals surface area contributed by atoms with Gasteiger partial charge in [0.25, 0.3) is 0 Å². The Morgan fingerprint density at radius 2 is 2.18 bits per heavy atom. The summed E-state index contributed by atoms with van der Waals surface area (Å²) in [6.07, 6.45) is 7.90. The maximum absolute atomic E-state index is 4.18. The lowest BCUT2D eigenvalue weighted by atomic mass is 10.1. The number of aromatic nitrogens is 2. The molecule has 1 aromatic rings. The SMILES string of the molecule is Cl.Cn1cncc1CN1CCC2CCC(C1)N2. The van der Waals surface area contributed by atoms with Gasteiger partial charge < -0.3 is 9.88 Å². The van der Waals surface area contributed by atoms with Crippen molar-refractivity contribution in [3.8, 4) is 0 Å². The molecule has 2 aliphatic rings. The molecule has 0 spiro atoms. The number of nitrogens with one attached hydrogen (secondary N) is 1. The molecule has 1 aromatic heterocycles. The van der Waals surface area contributed by atoms with Crippen LogP contribution in [-0.4, -0.2) is 39.6 Å². The molecule has 0 amide bonds. The molecule has 2 saturated heterocycles. The smallest absolute Gasteiger partial charge is 0.0945 e. The van der Waals surface area contributed by atoms with Crippen molar-refractivity contribution in [3.05, 3.63) is 18.2 Å². The molecule has 2 aliphatic heterocycles. The summed E-state index contributed by atoms with van der Waals surface area (Å²) >= 11 is 0. The van der Waals surface area contributed by atoms with E-state index in [9.17, 15) is 0 Å². The van der Waals surface area contributed by atoms with Crippen molar-refractivity contribution in [1.29, 1.82) is 0 Å². The van der Waals surface area contributed by atoms with Crippen molar-refractivity contribution in [3.63, 3.8) is 0 Å². The molecule has 3 rings (SSSR count). The molecular formula is C12H21ClN4. The van der Waals surface area contributed by atoms with Crippen LogP contribution in [0.4, 0.5) is 0 Å². The van der Waals surface area contributed by atoms with Gasteiger partial charge >= 0.3 is 0 Å². The van der Waals surface area contributed by atoms with E-state index >= 15 is 0 Å². The fourth-order valence-electron chi connectivity index (χ4n) is 2.93. The number of likely N-dealkylation sites (tertiary alicyclic amines) is 1. The van der Waals surface area contributed by atoms with Crippen LogP contribution < -0.4 is 5.32 Å². The first-order chi connectivity index (χ1) is 7.81. The van der Waals surface area contributed by atoms with Gasteiger partial charge in [-0.15, -0.1) is 12.4 Å². The van der Waals surface area contributed by atoms with Gasteiger partial charge in [0.2, 0.25) is 0 Å². The number of imidazole rings is 1. The molecule has 0 aliphatic carbocycles. The van der Waals surface area contributed by atoms with E-state index in [4.69, 9.17) is 0 Å². The number of aryl methyl sites for hydroxylation is 1. The highest BCUT2D eigenvalue weighted by Gasteiger charge is 2.29. The normalized spacial score (nSPS) is 28.8. The minimum absolute atomic E-state index is 0. The topological polar surface area (TPSA) is 33.1 Å². The Labute approximate surface area is 109 Å². The third-order valence-corrected chi connectivity index (χ3v) is 3.91. The molecule has 2 atom stereocenters. The summed E-state index contributed by atoms with van der Waals surface area (Å²) < 4.78 is 2.12. The fraction of sp³-hybridized carbons (Fsp3) is 0.750. The van der Waals surface area contributed by atoms with Gasteiger partial charge in [-0.1, -0.05) is 0 Å². The number of halogens is 1. The van der Waals surface area contributed by atoms with Crippen molar-refractivity contribution in [1.82, 2.24) is 19.8 Å². The highest BCUT2D eigenvalue weighted by Crippen LogP contribution is 2.21. The summed E-state index contributed by atoms with van der Waals surface area (Å²) in [6.45, 7) is 3.46. The molecule has 0 saturated carbocycles. The second-order valence-corrected chi connectivity index (χ2v) is 5.16. The number of rotatable bonds is 2. The molecule has 1 N–H and O–H groups in total. The number of fused-ring (bicyclic) bond motifs is 2. The number of nitrogens with zero attached hydrogens (tertiary/aromatic N) is 3. The lowest BCUT2D eigenvalue weighted by Crippen LogP contribution is -2.35. The van der Waals surface area contributed by atoms with E-state index in [1.54, 1.807) is 0 Å². The monoisotopic (exact) mass is 256 g/mol. The molecule has 0 aromatic carbocycles. The molecule has 4 nitrogen and oxygen atoms in total. The Kier molecular flexibility index (Phi) is 4.07. The molecule has 96 valence electrons. The van der Waals surface area contributed by atoms with Crippen LogP contribution in [0.25, 0.3) is 0 Å². The zero-order chi connectivity index (χ0) is 11.0. The molecule has 17 heavy (non-hydrogen) atoms. The Morgan fingerprint density at radius 1 is 1.35 bits per heavy atom. The molecule has 5 heteroatoms. The second kappa shape index (κ2) is 5.38. The molecule has 0 radical (unpaired) electrons. The van der Waals surface area contributed by atoms with Crippen LogP contribution in [0.2, 0.25) is 0 Å². The second-order valence-electron chi connectivity index (χ2n) is 5.16. The first-order valence-electron chi connectivity index (χ1n) is 6.25. The van der Waals surface area contributed by atoms with Gasteiger partial charge in [0, 0.05) is 45.0 Å². The zero-order valence-corrected chi connectivity index (χ0v) is 11.1. The van der Waals surface area contributed by atoms with E-state index < -0.39 is 0 Å². The summed E-state index contributed by atoms with van der Waals surface area (Å²) in [6, 6.07) is 1.50. The van der Waals surface area contributed by atoms with Crippen molar-refractivity contribution < 1.29 is 0 Å². The van der Waals surface area contributed by atoms with Crippen LogP contribution in [0.3, 0.4) is 0 Å². The van der Waals surface area contributed by atoms with Crippen LogP contribution in [-0.2, 0) is 13.6 Å². The van der Waals surface area contributed by atoms with Gasteiger partial charge in [-0.25, -0.2) is 4.98 Å². The van der Waals surface area contributed by atoms with E-state index in [0.29, 0.717) is 0 Å². The first-order valence-corrected chi connectivity index (χ1v) is 6.25. The van der Waals surface area contributed by atoms with Gasteiger partial charge in [0.15, 0.2) is 0 Å². The van der Waals surface area contributed by atoms with Gasteiger partial charge in [-0.3, -0.25) is 4.90 Å². The molecule has 2 unspecified atom stereocenters. The van der Waals surface area contributed by atoms with E-state index in [1.165, 1.54) is 38.0 Å². The van der Waals surface area contributed by atoms with Gasteiger partial charge in [-0.05, 0) is 19.3 Å². The van der Waals surface area contributed by atoms with Crippen LogP contribution in [0.5, 0.6) is 0 Å². The molecule has 3 heterocycles. The highest BCUT2D eigenvalue weighted by molar-refractivity contribution is 5.85. The summed E-state index contributed by atoms with van der Waals surface area (Å²) in [5, 5.41) is 3.71. The maximum atomic E-state index is 4.18. The minimum Gasteiger partial charge on any atom is -0.337 e. The third-order valence-electron chi connectivity index (χ3n) is 3.91. The van der Waals surface area contributed by atoms with E-state index in [-0.39, 0.29) is 12.4 Å². The van der Waals surface area contributed by atoms with Gasteiger partial charge in [0.05, 0.1) is 12.0 Å². The molecular weight excluding hydrogens is 236 g/mol. The zero-order valence-electron chi connectivity index (χ0n) is 10.3. The van der Waals surface area contributed by atoms with E-state index in [1.807, 2.05) is 12.5 Å². The average molecular weight is 257 g/mol. The first kappa shape index (κ1) is 12.9. The summed E-state index contributed by atoms with van der Waals surface area (Å²) in [4.78, 5) is 6.74. The molecule has 2 fully saturated rings. The summed E-state index contributed by atoms with van der Waals surface area (Å²) in [5.74, 6) is 0. The maximum Gasteiger partial charge on any atom is 0.0945 e. The Morgan fingerprint density at radius 3 is 2.94 bits per heavy atom. The fourth-order valence-corrected chi connectivity index (χ4v) is 2.93. The van der Waals surface area contributed by atoms with Gasteiger partial charge in [-0.2, -0.15) is 0 Å². The van der Waals surface area contributed by atoms with Crippen molar-refractivity contribution in [2.24, 2.45) is 7.05 Å². The van der Waals surface area contributed by atoms with E-state index in [0.717, 1.165) is 18.6 Å². The van der Waals surface area contributed by atoms with Gasteiger partial charge in [0.1, 0.15) is 0 Å². The Bertz CT molecular complexity index is 365. The lowest BCUT2D eigenvalue weighted by Gasteiger charge is -2.23. The largest absolute Gasteiger partial charge is 0.337 e. The van der Waals surface area contributed by atoms with Crippen molar-refractivity contribution in [2.45, 2.75) is 37.9 Å². The van der Waals surface area contributed by atoms with Crippen LogP contribution in [0.15, 0.2) is 12.5 Å². The number of hydrogen-bond acceptors (Lipinski definition) is 3. The predicted molar refractivity (Wildman–Crippen MR) is 70.3 cm³/mol.